The molecule has 27 heavy (non-hydrogen) atoms. The Labute approximate surface area is 160 Å². The van der Waals surface area contributed by atoms with Crippen molar-refractivity contribution in [1.29, 1.82) is 0 Å². The third-order valence-corrected chi connectivity index (χ3v) is 5.12. The number of hydrogen-bond donors (Lipinski definition) is 0. The van der Waals surface area contributed by atoms with Crippen molar-refractivity contribution in [2.45, 2.75) is 27.3 Å². The summed E-state index contributed by atoms with van der Waals surface area (Å²) in [7, 11) is 0. The molecule has 0 radical (unpaired) electrons. The van der Waals surface area contributed by atoms with Gasteiger partial charge in [0.25, 0.3) is 0 Å². The number of nitrogens with zero attached hydrogens (tertiary/aromatic N) is 3. The zero-order valence-electron chi connectivity index (χ0n) is 16.3. The number of piperazine rings is 1. The smallest absolute Gasteiger partial charge is 0.339 e. The minimum Gasteiger partial charge on any atom is -0.462 e. The Kier molecular flexibility index (Phi) is 5.84. The van der Waals surface area contributed by atoms with Gasteiger partial charge in [0, 0.05) is 43.3 Å². The van der Waals surface area contributed by atoms with E-state index in [4.69, 9.17) is 4.74 Å². The van der Waals surface area contributed by atoms with Crippen LogP contribution in [0, 0.1) is 13.8 Å². The van der Waals surface area contributed by atoms with Crippen LogP contribution in [0.5, 0.6) is 0 Å². The molecule has 0 N–H and O–H groups in total. The maximum absolute atomic E-state index is 12.8. The lowest BCUT2D eigenvalue weighted by molar-refractivity contribution is -0.132. The second-order valence-electron chi connectivity index (χ2n) is 6.79. The zero-order valence-corrected chi connectivity index (χ0v) is 16.3. The highest BCUT2D eigenvalue weighted by molar-refractivity contribution is 5.91. The van der Waals surface area contributed by atoms with E-state index in [1.807, 2.05) is 41.5 Å². The predicted octanol–water partition coefficient (Wildman–Crippen LogP) is 2.63. The van der Waals surface area contributed by atoms with Crippen LogP contribution in [0.15, 0.2) is 36.4 Å². The first-order valence-electron chi connectivity index (χ1n) is 9.43. The Balaban J connectivity index is 1.62. The van der Waals surface area contributed by atoms with Crippen molar-refractivity contribution in [1.82, 2.24) is 9.47 Å². The van der Waals surface area contributed by atoms with Gasteiger partial charge in [-0.3, -0.25) is 4.79 Å². The third-order valence-electron chi connectivity index (χ3n) is 5.12. The second-order valence-corrected chi connectivity index (χ2v) is 6.79. The molecule has 1 aromatic heterocycles. The number of hydrogen-bond acceptors (Lipinski definition) is 4. The monoisotopic (exact) mass is 369 g/mol. The lowest BCUT2D eigenvalue weighted by atomic mass is 10.2. The van der Waals surface area contributed by atoms with Gasteiger partial charge in [-0.15, -0.1) is 0 Å². The lowest BCUT2D eigenvalue weighted by Gasteiger charge is -2.36. The molecule has 0 aliphatic carbocycles. The number of benzene rings is 1. The molecule has 1 amide bonds. The molecule has 0 spiro atoms. The maximum atomic E-state index is 12.8. The van der Waals surface area contributed by atoms with Gasteiger partial charge in [0.05, 0.1) is 12.2 Å². The van der Waals surface area contributed by atoms with Crippen LogP contribution in [-0.4, -0.2) is 54.1 Å². The van der Waals surface area contributed by atoms with Crippen LogP contribution >= 0.6 is 0 Å². The van der Waals surface area contributed by atoms with Crippen molar-refractivity contribution in [3.63, 3.8) is 0 Å². The topological polar surface area (TPSA) is 54.8 Å². The van der Waals surface area contributed by atoms with Crippen molar-refractivity contribution in [2.24, 2.45) is 0 Å². The van der Waals surface area contributed by atoms with E-state index in [0.717, 1.165) is 24.5 Å². The number of rotatable bonds is 5. The summed E-state index contributed by atoms with van der Waals surface area (Å²) in [5.74, 6) is -0.249. The first kappa shape index (κ1) is 19.0. The van der Waals surface area contributed by atoms with Gasteiger partial charge in [-0.2, -0.15) is 0 Å². The van der Waals surface area contributed by atoms with Gasteiger partial charge in [0.2, 0.25) is 5.91 Å². The fourth-order valence-electron chi connectivity index (χ4n) is 3.55. The molecule has 1 fully saturated rings. The van der Waals surface area contributed by atoms with Crippen LogP contribution in [0.25, 0.3) is 0 Å². The molecule has 2 heterocycles. The number of aryl methyl sites for hydroxylation is 1. The van der Waals surface area contributed by atoms with E-state index in [9.17, 15) is 9.59 Å². The highest BCUT2D eigenvalue weighted by atomic mass is 16.5. The number of carbonyl (C=O) groups is 2. The summed E-state index contributed by atoms with van der Waals surface area (Å²) in [4.78, 5) is 29.0. The van der Waals surface area contributed by atoms with Gasteiger partial charge in [0.1, 0.15) is 6.54 Å². The molecule has 1 aromatic carbocycles. The molecule has 0 saturated carbocycles. The fourth-order valence-corrected chi connectivity index (χ4v) is 3.55. The van der Waals surface area contributed by atoms with Crippen molar-refractivity contribution in [3.8, 4) is 0 Å². The molecular formula is C21H27N3O3. The minimum atomic E-state index is -0.333. The Bertz CT molecular complexity index is 806. The van der Waals surface area contributed by atoms with Gasteiger partial charge in [-0.25, -0.2) is 4.79 Å². The average Bonchev–Trinajstić information content (AvgIpc) is 2.97. The molecule has 2 aromatic rings. The normalized spacial score (nSPS) is 14.3. The van der Waals surface area contributed by atoms with E-state index in [2.05, 4.69) is 17.0 Å². The molecule has 3 rings (SSSR count). The summed E-state index contributed by atoms with van der Waals surface area (Å²) in [6, 6.07) is 12.1. The standard InChI is InChI=1S/C21H27N3O3/c1-4-27-21(26)19-14-16(2)24(17(19)3)15-20(25)23-12-10-22(11-13-23)18-8-6-5-7-9-18/h5-9,14H,4,10-13,15H2,1-3H3. The number of amides is 1. The quantitative estimate of drug-likeness (QED) is 0.761. The van der Waals surface area contributed by atoms with Crippen molar-refractivity contribution in [3.05, 3.63) is 53.3 Å². The molecule has 0 bridgehead atoms. The molecule has 6 nitrogen and oxygen atoms in total. The van der Waals surface area contributed by atoms with E-state index in [-0.39, 0.29) is 18.4 Å². The van der Waals surface area contributed by atoms with E-state index in [0.29, 0.717) is 25.3 Å². The number of para-hydroxylation sites is 1. The molecule has 0 unspecified atom stereocenters. The number of carbonyl (C=O) groups excluding carboxylic acids is 2. The average molecular weight is 369 g/mol. The fraction of sp³-hybridized carbons (Fsp3) is 0.429. The first-order chi connectivity index (χ1) is 13.0. The molecule has 1 aliphatic rings. The summed E-state index contributed by atoms with van der Waals surface area (Å²) in [5, 5.41) is 0. The summed E-state index contributed by atoms with van der Waals surface area (Å²) < 4.78 is 7.00. The zero-order chi connectivity index (χ0) is 19.4. The van der Waals surface area contributed by atoms with Gasteiger partial charge < -0.3 is 19.1 Å². The van der Waals surface area contributed by atoms with Crippen LogP contribution < -0.4 is 4.90 Å². The summed E-state index contributed by atoms with van der Waals surface area (Å²) in [6.45, 7) is 9.22. The largest absolute Gasteiger partial charge is 0.462 e. The van der Waals surface area contributed by atoms with E-state index in [1.165, 1.54) is 5.69 Å². The van der Waals surface area contributed by atoms with Gasteiger partial charge in [-0.1, -0.05) is 18.2 Å². The number of ether oxygens (including phenoxy) is 1. The maximum Gasteiger partial charge on any atom is 0.339 e. The lowest BCUT2D eigenvalue weighted by Crippen LogP contribution is -2.49. The van der Waals surface area contributed by atoms with Crippen molar-refractivity contribution in [2.75, 3.05) is 37.7 Å². The Morgan fingerprint density at radius 3 is 2.33 bits per heavy atom. The number of esters is 1. The van der Waals surface area contributed by atoms with Crippen molar-refractivity contribution >= 4 is 17.6 Å². The number of anilines is 1. The van der Waals surface area contributed by atoms with Crippen LogP contribution in [0.2, 0.25) is 0 Å². The van der Waals surface area contributed by atoms with E-state index >= 15 is 0 Å². The Morgan fingerprint density at radius 1 is 1.04 bits per heavy atom. The highest BCUT2D eigenvalue weighted by Crippen LogP contribution is 2.18. The first-order valence-corrected chi connectivity index (χ1v) is 9.43. The van der Waals surface area contributed by atoms with Crippen LogP contribution in [0.4, 0.5) is 5.69 Å². The second kappa shape index (κ2) is 8.29. The summed E-state index contributed by atoms with van der Waals surface area (Å²) in [6.07, 6.45) is 0. The molecular weight excluding hydrogens is 342 g/mol. The molecule has 144 valence electrons. The van der Waals surface area contributed by atoms with Gasteiger partial charge in [0.15, 0.2) is 0 Å². The highest BCUT2D eigenvalue weighted by Gasteiger charge is 2.23. The van der Waals surface area contributed by atoms with Crippen LogP contribution in [0.1, 0.15) is 28.7 Å². The van der Waals surface area contributed by atoms with E-state index < -0.39 is 0 Å². The summed E-state index contributed by atoms with van der Waals surface area (Å²) in [5.41, 5.74) is 3.41. The summed E-state index contributed by atoms with van der Waals surface area (Å²) >= 11 is 0. The van der Waals surface area contributed by atoms with E-state index in [1.54, 1.807) is 13.0 Å². The number of aromatic nitrogens is 1. The van der Waals surface area contributed by atoms with Crippen LogP contribution in [0.3, 0.4) is 0 Å². The van der Waals surface area contributed by atoms with Crippen LogP contribution in [-0.2, 0) is 16.1 Å². The molecule has 1 aliphatic heterocycles. The SMILES string of the molecule is CCOC(=O)c1cc(C)n(CC(=O)N2CCN(c3ccccc3)CC2)c1C. The van der Waals surface area contributed by atoms with Crippen molar-refractivity contribution < 1.29 is 14.3 Å². The van der Waals surface area contributed by atoms with Gasteiger partial charge >= 0.3 is 5.97 Å². The predicted molar refractivity (Wildman–Crippen MR) is 105 cm³/mol. The minimum absolute atomic E-state index is 0.0833. The molecule has 6 heteroatoms. The Morgan fingerprint density at radius 2 is 1.70 bits per heavy atom. The third kappa shape index (κ3) is 4.15. The Hall–Kier alpha value is -2.76. The van der Waals surface area contributed by atoms with Gasteiger partial charge in [-0.05, 0) is 39.0 Å². The molecule has 1 saturated heterocycles. The molecule has 0 atom stereocenters.